The zero-order valence-electron chi connectivity index (χ0n) is 30.4. The number of fused-ring (bicyclic) bond motifs is 1. The predicted molar refractivity (Wildman–Crippen MR) is 202 cm³/mol. The monoisotopic (exact) mass is 715 g/mol. The second kappa shape index (κ2) is 17.2. The standard InChI is InChI=1S/C44H45NO8/c1-44(2,3)53-43(48)45-24-23-38(40(28-45)51-29-31-17-18-32-11-7-8-14-35(32)27-31)33-19-21-37(22-20-33)49-25-26-50-42(47)39-16-10-9-15-36(39)30-52-41(46)34-12-5-4-6-13-34/h4-22,27,38,40H,23-26,28-30H2,1-3H3. The highest BCUT2D eigenvalue weighted by molar-refractivity contribution is 5.92. The molecule has 0 radical (unpaired) electrons. The van der Waals surface area contributed by atoms with E-state index in [-0.39, 0.29) is 37.9 Å². The second-order valence-corrected chi connectivity index (χ2v) is 14.0. The molecule has 1 saturated heterocycles. The Morgan fingerprint density at radius 3 is 2.21 bits per heavy atom. The van der Waals surface area contributed by atoms with E-state index >= 15 is 0 Å². The van der Waals surface area contributed by atoms with Crippen LogP contribution in [-0.4, -0.2) is 60.9 Å². The Balaban J connectivity index is 1.03. The molecule has 9 heteroatoms. The van der Waals surface area contributed by atoms with Gasteiger partial charge in [-0.25, -0.2) is 14.4 Å². The van der Waals surface area contributed by atoms with E-state index in [1.807, 2.05) is 63.2 Å². The van der Waals surface area contributed by atoms with E-state index in [1.165, 1.54) is 5.39 Å². The molecule has 274 valence electrons. The van der Waals surface area contributed by atoms with Crippen molar-refractivity contribution in [3.05, 3.63) is 149 Å². The van der Waals surface area contributed by atoms with Gasteiger partial charge in [-0.1, -0.05) is 84.9 Å². The molecular formula is C44H45NO8. The molecule has 1 aliphatic heterocycles. The number of esters is 2. The van der Waals surface area contributed by atoms with Crippen LogP contribution >= 0.6 is 0 Å². The lowest BCUT2D eigenvalue weighted by molar-refractivity contribution is -0.0359. The second-order valence-electron chi connectivity index (χ2n) is 14.0. The third kappa shape index (κ3) is 10.2. The van der Waals surface area contributed by atoms with Gasteiger partial charge in [0, 0.05) is 18.0 Å². The number of piperidine rings is 1. The van der Waals surface area contributed by atoms with Crippen LogP contribution in [0.4, 0.5) is 4.79 Å². The molecule has 0 aliphatic carbocycles. The van der Waals surface area contributed by atoms with Crippen molar-refractivity contribution >= 4 is 28.8 Å². The number of nitrogens with zero attached hydrogens (tertiary/aromatic N) is 1. The fraction of sp³-hybridized carbons (Fsp3) is 0.295. The molecule has 0 saturated carbocycles. The molecule has 0 bridgehead atoms. The third-order valence-corrected chi connectivity index (χ3v) is 8.99. The molecule has 5 aromatic carbocycles. The Labute approximate surface area is 310 Å². The number of likely N-dealkylation sites (tertiary alicyclic amines) is 1. The van der Waals surface area contributed by atoms with E-state index in [4.69, 9.17) is 23.7 Å². The van der Waals surface area contributed by atoms with Crippen LogP contribution < -0.4 is 4.74 Å². The number of amides is 1. The van der Waals surface area contributed by atoms with Crippen molar-refractivity contribution in [3.63, 3.8) is 0 Å². The molecule has 9 nitrogen and oxygen atoms in total. The van der Waals surface area contributed by atoms with Crippen LogP contribution in [0.25, 0.3) is 10.8 Å². The number of hydrogen-bond acceptors (Lipinski definition) is 8. The van der Waals surface area contributed by atoms with Crippen molar-refractivity contribution in [1.82, 2.24) is 4.90 Å². The van der Waals surface area contributed by atoms with Crippen LogP contribution in [0.3, 0.4) is 0 Å². The minimum atomic E-state index is -0.590. The molecule has 0 N–H and O–H groups in total. The SMILES string of the molecule is CC(C)(C)OC(=O)N1CCC(c2ccc(OCCOC(=O)c3ccccc3COC(=O)c3ccccc3)cc2)C(OCc2ccc3ccccc3c2)C1. The van der Waals surface area contributed by atoms with E-state index in [0.717, 1.165) is 16.5 Å². The van der Waals surface area contributed by atoms with Crippen molar-refractivity contribution < 1.29 is 38.1 Å². The molecule has 0 spiro atoms. The van der Waals surface area contributed by atoms with E-state index in [2.05, 4.69) is 30.3 Å². The van der Waals surface area contributed by atoms with Crippen LogP contribution in [0.15, 0.2) is 121 Å². The summed E-state index contributed by atoms with van der Waals surface area (Å²) in [7, 11) is 0. The van der Waals surface area contributed by atoms with Crippen molar-refractivity contribution in [2.24, 2.45) is 0 Å². The van der Waals surface area contributed by atoms with Gasteiger partial charge in [0.2, 0.25) is 0 Å². The molecule has 1 aliphatic rings. The van der Waals surface area contributed by atoms with Gasteiger partial charge in [-0.2, -0.15) is 0 Å². The largest absolute Gasteiger partial charge is 0.490 e. The first kappa shape index (κ1) is 37.1. The highest BCUT2D eigenvalue weighted by Gasteiger charge is 2.35. The van der Waals surface area contributed by atoms with Gasteiger partial charge in [0.1, 0.15) is 31.2 Å². The molecule has 1 heterocycles. The highest BCUT2D eigenvalue weighted by atomic mass is 16.6. The Bertz CT molecular complexity index is 2000. The quantitative estimate of drug-likeness (QED) is 0.0719. The number of benzene rings is 5. The number of carbonyl (C=O) groups is 3. The minimum absolute atomic E-state index is 0.0343. The first-order chi connectivity index (χ1) is 25.6. The lowest BCUT2D eigenvalue weighted by Crippen LogP contribution is -2.48. The Morgan fingerprint density at radius 1 is 0.717 bits per heavy atom. The summed E-state index contributed by atoms with van der Waals surface area (Å²) in [6, 6.07) is 38.0. The van der Waals surface area contributed by atoms with Gasteiger partial charge < -0.3 is 28.6 Å². The molecule has 6 rings (SSSR count). The molecule has 1 fully saturated rings. The molecule has 2 atom stereocenters. The maximum atomic E-state index is 13.0. The molecule has 0 aromatic heterocycles. The van der Waals surface area contributed by atoms with E-state index in [0.29, 0.717) is 48.6 Å². The molecule has 53 heavy (non-hydrogen) atoms. The summed E-state index contributed by atoms with van der Waals surface area (Å²) >= 11 is 0. The number of carbonyl (C=O) groups excluding carboxylic acids is 3. The minimum Gasteiger partial charge on any atom is -0.490 e. The highest BCUT2D eigenvalue weighted by Crippen LogP contribution is 2.33. The summed E-state index contributed by atoms with van der Waals surface area (Å²) in [5, 5.41) is 2.33. The number of rotatable bonds is 12. The summed E-state index contributed by atoms with van der Waals surface area (Å²) in [4.78, 5) is 40.1. The fourth-order valence-corrected chi connectivity index (χ4v) is 6.32. The normalized spacial score (nSPS) is 15.8. The lowest BCUT2D eigenvalue weighted by Gasteiger charge is -2.39. The van der Waals surface area contributed by atoms with Gasteiger partial charge in [0.25, 0.3) is 0 Å². The van der Waals surface area contributed by atoms with Crippen molar-refractivity contribution in [2.45, 2.75) is 58.0 Å². The molecule has 5 aromatic rings. The van der Waals surface area contributed by atoms with Crippen molar-refractivity contribution in [2.75, 3.05) is 26.3 Å². The zero-order valence-corrected chi connectivity index (χ0v) is 30.4. The first-order valence-electron chi connectivity index (χ1n) is 17.9. The summed E-state index contributed by atoms with van der Waals surface area (Å²) in [5.74, 6) is -0.305. The van der Waals surface area contributed by atoms with E-state index < -0.39 is 17.5 Å². The molecule has 2 unspecified atom stereocenters. The maximum Gasteiger partial charge on any atom is 0.410 e. The first-order valence-corrected chi connectivity index (χ1v) is 17.9. The van der Waals surface area contributed by atoms with Crippen LogP contribution in [0, 0.1) is 0 Å². The third-order valence-electron chi connectivity index (χ3n) is 8.99. The van der Waals surface area contributed by atoms with Crippen LogP contribution in [0.5, 0.6) is 5.75 Å². The summed E-state index contributed by atoms with van der Waals surface area (Å²) in [6.07, 6.45) is 0.124. The van der Waals surface area contributed by atoms with Crippen LogP contribution in [0.1, 0.15) is 70.5 Å². The van der Waals surface area contributed by atoms with E-state index in [1.54, 1.807) is 53.4 Å². The van der Waals surface area contributed by atoms with Crippen LogP contribution in [-0.2, 0) is 32.2 Å². The average molecular weight is 716 g/mol. The van der Waals surface area contributed by atoms with Crippen molar-refractivity contribution in [1.29, 1.82) is 0 Å². The fourth-order valence-electron chi connectivity index (χ4n) is 6.32. The van der Waals surface area contributed by atoms with Gasteiger partial charge in [0.05, 0.1) is 30.4 Å². The Hall–Kier alpha value is -5.67. The Kier molecular flexibility index (Phi) is 12.1. The van der Waals surface area contributed by atoms with Gasteiger partial charge in [0.15, 0.2) is 0 Å². The molecule has 1 amide bonds. The number of hydrogen-bond donors (Lipinski definition) is 0. The summed E-state index contributed by atoms with van der Waals surface area (Å²) < 4.78 is 29.1. The van der Waals surface area contributed by atoms with Gasteiger partial charge in [-0.3, -0.25) is 0 Å². The van der Waals surface area contributed by atoms with Crippen LogP contribution in [0.2, 0.25) is 0 Å². The smallest absolute Gasteiger partial charge is 0.410 e. The topological polar surface area (TPSA) is 101 Å². The van der Waals surface area contributed by atoms with Gasteiger partial charge in [-0.05, 0) is 85.5 Å². The summed E-state index contributed by atoms with van der Waals surface area (Å²) in [6.45, 7) is 7.11. The van der Waals surface area contributed by atoms with Gasteiger partial charge in [-0.15, -0.1) is 0 Å². The number of ether oxygens (including phenoxy) is 5. The Morgan fingerprint density at radius 2 is 1.43 bits per heavy atom. The average Bonchev–Trinajstić information content (AvgIpc) is 3.17. The lowest BCUT2D eigenvalue weighted by atomic mass is 9.87. The molecular weight excluding hydrogens is 670 g/mol. The summed E-state index contributed by atoms with van der Waals surface area (Å²) in [5.41, 5.74) is 2.87. The zero-order chi connectivity index (χ0) is 37.2. The van der Waals surface area contributed by atoms with E-state index in [9.17, 15) is 14.4 Å². The predicted octanol–water partition coefficient (Wildman–Crippen LogP) is 8.74. The van der Waals surface area contributed by atoms with Gasteiger partial charge >= 0.3 is 18.0 Å². The maximum absolute atomic E-state index is 13.0. The van der Waals surface area contributed by atoms with Crippen molar-refractivity contribution in [3.8, 4) is 5.75 Å².